The van der Waals surface area contributed by atoms with Gasteiger partial charge in [0.25, 0.3) is 0 Å². The van der Waals surface area contributed by atoms with Crippen LogP contribution in [0.1, 0.15) is 31.2 Å². The van der Waals surface area contributed by atoms with Crippen LogP contribution in [0.15, 0.2) is 9.27 Å². The van der Waals surface area contributed by atoms with Crippen molar-refractivity contribution in [2.45, 2.75) is 40.2 Å². The first-order valence-corrected chi connectivity index (χ1v) is 5.95. The molecule has 0 unspecified atom stereocenters. The first-order valence-electron chi connectivity index (χ1n) is 5.16. The van der Waals surface area contributed by atoms with Crippen LogP contribution in [0.25, 0.3) is 0 Å². The summed E-state index contributed by atoms with van der Waals surface area (Å²) in [6.45, 7) is 5.75. The predicted octanol–water partition coefficient (Wildman–Crippen LogP) is 1.99. The Labute approximate surface area is 103 Å². The van der Waals surface area contributed by atoms with E-state index in [2.05, 4.69) is 20.9 Å². The molecule has 88 valence electrons. The average molecular weight is 287 g/mol. The number of nitrogens with zero attached hydrogens (tertiary/aromatic N) is 2. The van der Waals surface area contributed by atoms with Crippen LogP contribution in [0.3, 0.4) is 0 Å². The van der Waals surface area contributed by atoms with Gasteiger partial charge >= 0.3 is 5.69 Å². The van der Waals surface area contributed by atoms with Gasteiger partial charge in [-0.15, -0.1) is 0 Å². The minimum atomic E-state index is -0.248. The Morgan fingerprint density at radius 1 is 1.44 bits per heavy atom. The lowest BCUT2D eigenvalue weighted by Gasteiger charge is -2.11. The van der Waals surface area contributed by atoms with Crippen LogP contribution in [0, 0.1) is 13.8 Å². The smallest absolute Gasteiger partial charge is 0.300 e. The first kappa shape index (κ1) is 13.1. The van der Waals surface area contributed by atoms with Gasteiger partial charge in [-0.3, -0.25) is 4.57 Å². The number of halogens is 1. The van der Waals surface area contributed by atoms with Gasteiger partial charge in [-0.1, -0.05) is 0 Å². The van der Waals surface area contributed by atoms with E-state index in [0.29, 0.717) is 25.1 Å². The number of hydrogen-bond donors (Lipinski definition) is 0. The van der Waals surface area contributed by atoms with Crippen molar-refractivity contribution in [2.24, 2.45) is 0 Å². The van der Waals surface area contributed by atoms with Gasteiger partial charge in [-0.25, -0.2) is 4.79 Å². The van der Waals surface area contributed by atoms with E-state index in [1.54, 1.807) is 18.4 Å². The third-order valence-electron chi connectivity index (χ3n) is 2.44. The van der Waals surface area contributed by atoms with Crippen molar-refractivity contribution in [1.29, 1.82) is 0 Å². The largest absolute Gasteiger partial charge is 0.348 e. The number of aryl methyl sites for hydroxylation is 1. The lowest BCUT2D eigenvalue weighted by molar-refractivity contribution is -0.117. The molecule has 0 aromatic carbocycles. The zero-order chi connectivity index (χ0) is 12.3. The van der Waals surface area contributed by atoms with Crippen LogP contribution in [0.2, 0.25) is 0 Å². The van der Waals surface area contributed by atoms with Crippen LogP contribution in [-0.4, -0.2) is 15.3 Å². The molecule has 0 N–H and O–H groups in total. The average Bonchev–Trinajstić information content (AvgIpc) is 2.19. The maximum Gasteiger partial charge on any atom is 0.348 e. The Balaban J connectivity index is 2.92. The molecule has 0 saturated heterocycles. The summed E-state index contributed by atoms with van der Waals surface area (Å²) in [6.07, 6.45) is 1.17. The molecular weight excluding hydrogens is 272 g/mol. The van der Waals surface area contributed by atoms with E-state index < -0.39 is 0 Å². The molecule has 0 spiro atoms. The Bertz CT molecular complexity index is 466. The van der Waals surface area contributed by atoms with Gasteiger partial charge in [0.15, 0.2) is 0 Å². The van der Waals surface area contributed by atoms with Gasteiger partial charge in [0.05, 0.1) is 10.2 Å². The zero-order valence-corrected chi connectivity index (χ0v) is 11.3. The normalized spacial score (nSPS) is 10.5. The monoisotopic (exact) mass is 286 g/mol. The fraction of sp³-hybridized carbons (Fsp3) is 0.545. The predicted molar refractivity (Wildman–Crippen MR) is 65.6 cm³/mol. The first-order chi connectivity index (χ1) is 7.43. The highest BCUT2D eigenvalue weighted by Crippen LogP contribution is 2.16. The molecule has 0 bridgehead atoms. The van der Waals surface area contributed by atoms with Crippen molar-refractivity contribution in [2.75, 3.05) is 0 Å². The highest BCUT2D eigenvalue weighted by Gasteiger charge is 2.08. The summed E-state index contributed by atoms with van der Waals surface area (Å²) in [5.74, 6) is 0.143. The fourth-order valence-corrected chi connectivity index (χ4v) is 1.83. The second-order valence-electron chi connectivity index (χ2n) is 3.84. The minimum Gasteiger partial charge on any atom is -0.300 e. The highest BCUT2D eigenvalue weighted by atomic mass is 79.9. The maximum atomic E-state index is 11.6. The Hall–Kier alpha value is -0.970. The molecule has 0 fully saturated rings. The second-order valence-corrected chi connectivity index (χ2v) is 4.63. The molecule has 0 atom stereocenters. The quantitative estimate of drug-likeness (QED) is 0.851. The molecule has 0 saturated carbocycles. The van der Waals surface area contributed by atoms with Crippen molar-refractivity contribution in [3.8, 4) is 0 Å². The Morgan fingerprint density at radius 3 is 2.62 bits per heavy atom. The van der Waals surface area contributed by atoms with Crippen LogP contribution >= 0.6 is 15.9 Å². The van der Waals surface area contributed by atoms with Gasteiger partial charge in [0.1, 0.15) is 5.78 Å². The maximum absolute atomic E-state index is 11.6. The summed E-state index contributed by atoms with van der Waals surface area (Å²) >= 11 is 3.40. The van der Waals surface area contributed by atoms with Crippen LogP contribution < -0.4 is 5.69 Å². The Kier molecular flexibility index (Phi) is 4.41. The van der Waals surface area contributed by atoms with E-state index in [4.69, 9.17) is 0 Å². The summed E-state index contributed by atoms with van der Waals surface area (Å²) in [6, 6.07) is 0. The van der Waals surface area contributed by atoms with Crippen molar-refractivity contribution in [1.82, 2.24) is 9.55 Å². The topological polar surface area (TPSA) is 52.0 Å². The number of ketones is 1. The van der Waals surface area contributed by atoms with Gasteiger partial charge in [-0.05, 0) is 43.1 Å². The number of hydrogen-bond acceptors (Lipinski definition) is 3. The van der Waals surface area contributed by atoms with E-state index in [0.717, 1.165) is 10.2 Å². The van der Waals surface area contributed by atoms with E-state index >= 15 is 0 Å². The molecule has 1 aromatic rings. The molecule has 1 rings (SSSR count). The van der Waals surface area contributed by atoms with Gasteiger partial charge in [0.2, 0.25) is 0 Å². The summed E-state index contributed by atoms with van der Waals surface area (Å²) < 4.78 is 2.45. The molecule has 0 aliphatic heterocycles. The molecule has 5 heteroatoms. The molecule has 4 nitrogen and oxygen atoms in total. The SMILES string of the molecule is CC(=O)CCCn1c(C)c(Br)c(C)nc1=O. The third kappa shape index (κ3) is 3.01. The molecule has 16 heavy (non-hydrogen) atoms. The van der Waals surface area contributed by atoms with E-state index in [-0.39, 0.29) is 11.5 Å². The molecule has 0 aliphatic rings. The van der Waals surface area contributed by atoms with Crippen molar-refractivity contribution in [3.63, 3.8) is 0 Å². The van der Waals surface area contributed by atoms with Gasteiger partial charge in [-0.2, -0.15) is 4.98 Å². The number of carbonyl (C=O) groups is 1. The number of rotatable bonds is 4. The summed E-state index contributed by atoms with van der Waals surface area (Å²) in [4.78, 5) is 26.4. The second kappa shape index (κ2) is 5.39. The molecule has 0 amide bonds. The van der Waals surface area contributed by atoms with Gasteiger partial charge in [0, 0.05) is 18.7 Å². The van der Waals surface area contributed by atoms with Crippen molar-refractivity contribution < 1.29 is 4.79 Å². The van der Waals surface area contributed by atoms with E-state index in [1.165, 1.54) is 0 Å². The van der Waals surface area contributed by atoms with E-state index in [1.807, 2.05) is 6.92 Å². The molecule has 0 aliphatic carbocycles. The minimum absolute atomic E-state index is 0.143. The highest BCUT2D eigenvalue weighted by molar-refractivity contribution is 9.10. The third-order valence-corrected chi connectivity index (χ3v) is 3.59. The Morgan fingerprint density at radius 2 is 2.06 bits per heavy atom. The molecular formula is C11H15BrN2O2. The zero-order valence-electron chi connectivity index (χ0n) is 9.71. The molecule has 0 radical (unpaired) electrons. The number of aromatic nitrogens is 2. The summed E-state index contributed by atoms with van der Waals surface area (Å²) in [7, 11) is 0. The van der Waals surface area contributed by atoms with Crippen molar-refractivity contribution >= 4 is 21.7 Å². The van der Waals surface area contributed by atoms with Crippen LogP contribution in [0.4, 0.5) is 0 Å². The fourth-order valence-electron chi connectivity index (χ4n) is 1.53. The molecule has 1 heterocycles. The van der Waals surface area contributed by atoms with E-state index in [9.17, 15) is 9.59 Å². The lowest BCUT2D eigenvalue weighted by atomic mass is 10.2. The van der Waals surface area contributed by atoms with Crippen molar-refractivity contribution in [3.05, 3.63) is 26.3 Å². The summed E-state index contributed by atoms with van der Waals surface area (Å²) in [5.41, 5.74) is 1.31. The standard InChI is InChI=1S/C11H15BrN2O2/c1-7(15)5-4-6-14-9(3)10(12)8(2)13-11(14)16/h4-6H2,1-3H3. The number of Topliss-reactive ketones (excluding diaryl/α,β-unsaturated/α-hetero) is 1. The van der Waals surface area contributed by atoms with Gasteiger partial charge < -0.3 is 4.79 Å². The number of carbonyl (C=O) groups excluding carboxylic acids is 1. The van der Waals surface area contributed by atoms with Crippen LogP contribution in [0.5, 0.6) is 0 Å². The summed E-state index contributed by atoms with van der Waals surface area (Å²) in [5, 5.41) is 0. The lowest BCUT2D eigenvalue weighted by Crippen LogP contribution is -2.26. The van der Waals surface area contributed by atoms with Crippen LogP contribution in [-0.2, 0) is 11.3 Å². The molecule has 1 aromatic heterocycles.